The number of ether oxygens (including phenoxy) is 1. The SMILES string of the molecule is O=S1(=O)OC(O)(C2O[C@@](O)(CO)[C@@H](O)[C@@H]2O)O1. The van der Waals surface area contributed by atoms with Crippen molar-refractivity contribution in [1.82, 2.24) is 0 Å². The van der Waals surface area contributed by atoms with Gasteiger partial charge in [0.15, 0.2) is 6.10 Å². The standard InChI is InChI=1S/C6H10O10S/c7-1-5(10)3(9)2(8)4(14-5)6(11)15-17(12,13)16-6/h2-4,7-11H,1H2/t2-,3-,4?,5-/m0/s1. The van der Waals surface area contributed by atoms with Crippen LogP contribution in [0.1, 0.15) is 0 Å². The van der Waals surface area contributed by atoms with E-state index in [1.807, 2.05) is 0 Å². The third-order valence-corrected chi connectivity index (χ3v) is 3.34. The maximum absolute atomic E-state index is 10.6. The normalized spacial score (nSPS) is 47.7. The van der Waals surface area contributed by atoms with Gasteiger partial charge in [-0.2, -0.15) is 16.8 Å². The van der Waals surface area contributed by atoms with Gasteiger partial charge in [0.1, 0.15) is 12.2 Å². The molecule has 2 heterocycles. The minimum Gasteiger partial charge on any atom is -0.391 e. The molecule has 4 atom stereocenters. The maximum atomic E-state index is 10.6. The van der Waals surface area contributed by atoms with Crippen LogP contribution < -0.4 is 0 Å². The number of aliphatic hydroxyl groups is 5. The number of aliphatic hydroxyl groups excluding tert-OH is 3. The zero-order valence-electron chi connectivity index (χ0n) is 8.12. The summed E-state index contributed by atoms with van der Waals surface area (Å²) in [7, 11) is -4.38. The first kappa shape index (κ1) is 13.1. The number of hydrogen-bond donors (Lipinski definition) is 5. The highest BCUT2D eigenvalue weighted by Crippen LogP contribution is 2.41. The first-order valence-corrected chi connectivity index (χ1v) is 5.73. The van der Waals surface area contributed by atoms with Crippen LogP contribution in [-0.4, -0.2) is 70.6 Å². The second kappa shape index (κ2) is 3.57. The Balaban J connectivity index is 2.20. The van der Waals surface area contributed by atoms with Crippen LogP contribution in [0.2, 0.25) is 0 Å². The van der Waals surface area contributed by atoms with Gasteiger partial charge in [-0.1, -0.05) is 0 Å². The highest BCUT2D eigenvalue weighted by molar-refractivity contribution is 7.82. The Hall–Kier alpha value is -0.370. The predicted octanol–water partition coefficient (Wildman–Crippen LogP) is -4.27. The van der Waals surface area contributed by atoms with Gasteiger partial charge in [-0.15, -0.1) is 0 Å². The van der Waals surface area contributed by atoms with Gasteiger partial charge in [0.2, 0.25) is 5.79 Å². The highest BCUT2D eigenvalue weighted by atomic mass is 32.3. The van der Waals surface area contributed by atoms with E-state index in [1.54, 1.807) is 0 Å². The molecule has 0 saturated carbocycles. The molecular formula is C6H10O10S. The Morgan fingerprint density at radius 3 is 2.06 bits per heavy atom. The van der Waals surface area contributed by atoms with Gasteiger partial charge < -0.3 is 30.3 Å². The topological polar surface area (TPSA) is 163 Å². The van der Waals surface area contributed by atoms with E-state index in [1.165, 1.54) is 0 Å². The molecule has 0 bridgehead atoms. The molecule has 2 rings (SSSR count). The largest absolute Gasteiger partial charge is 0.409 e. The molecule has 0 aliphatic carbocycles. The quantitative estimate of drug-likeness (QED) is 0.333. The predicted molar refractivity (Wildman–Crippen MR) is 45.0 cm³/mol. The van der Waals surface area contributed by atoms with E-state index in [-0.39, 0.29) is 0 Å². The van der Waals surface area contributed by atoms with Crippen molar-refractivity contribution in [2.24, 2.45) is 0 Å². The second-order valence-electron chi connectivity index (χ2n) is 3.68. The van der Waals surface area contributed by atoms with Crippen molar-refractivity contribution in [3.05, 3.63) is 0 Å². The van der Waals surface area contributed by atoms with Gasteiger partial charge in [0.05, 0.1) is 6.61 Å². The van der Waals surface area contributed by atoms with Crippen LogP contribution in [0.15, 0.2) is 0 Å². The van der Waals surface area contributed by atoms with Crippen LogP contribution in [0.4, 0.5) is 0 Å². The lowest BCUT2D eigenvalue weighted by molar-refractivity contribution is -0.392. The zero-order valence-corrected chi connectivity index (χ0v) is 8.94. The lowest BCUT2D eigenvalue weighted by Crippen LogP contribution is -2.61. The molecule has 0 aromatic carbocycles. The van der Waals surface area contributed by atoms with Crippen molar-refractivity contribution in [2.75, 3.05) is 6.61 Å². The van der Waals surface area contributed by atoms with Crippen LogP contribution in [0.25, 0.3) is 0 Å². The minimum absolute atomic E-state index is 1.09. The van der Waals surface area contributed by atoms with E-state index in [0.717, 1.165) is 0 Å². The van der Waals surface area contributed by atoms with Gasteiger partial charge in [-0.3, -0.25) is 0 Å². The van der Waals surface area contributed by atoms with Crippen LogP contribution >= 0.6 is 0 Å². The van der Waals surface area contributed by atoms with Gasteiger partial charge in [0, 0.05) is 0 Å². The molecule has 2 fully saturated rings. The van der Waals surface area contributed by atoms with Crippen molar-refractivity contribution in [2.45, 2.75) is 30.1 Å². The summed E-state index contributed by atoms with van der Waals surface area (Å²) in [4.78, 5) is 0. The maximum Gasteiger partial charge on any atom is 0.409 e. The monoisotopic (exact) mass is 274 g/mol. The van der Waals surface area contributed by atoms with Crippen molar-refractivity contribution in [1.29, 1.82) is 0 Å². The fraction of sp³-hybridized carbons (Fsp3) is 1.00. The van der Waals surface area contributed by atoms with Gasteiger partial charge in [-0.05, 0) is 0 Å². The van der Waals surface area contributed by atoms with Crippen LogP contribution in [0, 0.1) is 0 Å². The molecule has 1 unspecified atom stereocenters. The molecule has 0 aromatic rings. The molecule has 100 valence electrons. The molecule has 0 aromatic heterocycles. The van der Waals surface area contributed by atoms with Crippen molar-refractivity contribution >= 4 is 10.4 Å². The molecule has 11 heteroatoms. The Labute approximate surface area is 94.9 Å². The molecule has 2 aliphatic heterocycles. The average Bonchev–Trinajstić information content (AvgIpc) is 2.41. The third-order valence-electron chi connectivity index (χ3n) is 2.46. The summed E-state index contributed by atoms with van der Waals surface area (Å²) in [5.74, 6) is -5.40. The second-order valence-corrected chi connectivity index (χ2v) is 4.83. The molecular weight excluding hydrogens is 264 g/mol. The number of rotatable bonds is 2. The molecule has 0 spiro atoms. The van der Waals surface area contributed by atoms with Crippen molar-refractivity contribution in [3.8, 4) is 0 Å². The summed E-state index contributed by atoms with van der Waals surface area (Å²) in [5.41, 5.74) is 0. The zero-order chi connectivity index (χ0) is 13.1. The van der Waals surface area contributed by atoms with E-state index < -0.39 is 47.1 Å². The van der Waals surface area contributed by atoms with Crippen LogP contribution in [-0.2, 0) is 23.5 Å². The van der Waals surface area contributed by atoms with E-state index >= 15 is 0 Å². The summed E-state index contributed by atoms with van der Waals surface area (Å²) < 4.78 is 33.6. The Bertz CT molecular complexity index is 407. The summed E-state index contributed by atoms with van der Waals surface area (Å²) in [6.07, 6.45) is -5.80. The molecule has 2 saturated heterocycles. The summed E-state index contributed by atoms with van der Waals surface area (Å²) in [5, 5.41) is 46.5. The van der Waals surface area contributed by atoms with Gasteiger partial charge >= 0.3 is 16.4 Å². The minimum atomic E-state index is -4.38. The third kappa shape index (κ3) is 1.85. The Morgan fingerprint density at radius 2 is 1.71 bits per heavy atom. The van der Waals surface area contributed by atoms with Crippen LogP contribution in [0.5, 0.6) is 0 Å². The van der Waals surface area contributed by atoms with Gasteiger partial charge in [0.25, 0.3) is 0 Å². The average molecular weight is 274 g/mol. The molecule has 17 heavy (non-hydrogen) atoms. The van der Waals surface area contributed by atoms with Crippen molar-refractivity contribution in [3.63, 3.8) is 0 Å². The lowest BCUT2D eigenvalue weighted by Gasteiger charge is -2.38. The fourth-order valence-corrected chi connectivity index (χ4v) is 2.39. The fourth-order valence-electron chi connectivity index (χ4n) is 1.61. The Kier molecular flexibility index (Phi) is 2.74. The molecule has 10 nitrogen and oxygen atoms in total. The smallest absolute Gasteiger partial charge is 0.391 e. The van der Waals surface area contributed by atoms with Gasteiger partial charge in [-0.25, -0.2) is 0 Å². The molecule has 0 radical (unpaired) electrons. The summed E-state index contributed by atoms with van der Waals surface area (Å²) >= 11 is 0. The number of hydrogen-bond acceptors (Lipinski definition) is 10. The van der Waals surface area contributed by atoms with E-state index in [4.69, 9.17) is 5.11 Å². The van der Waals surface area contributed by atoms with Crippen LogP contribution in [0.3, 0.4) is 0 Å². The summed E-state index contributed by atoms with van der Waals surface area (Å²) in [6, 6.07) is 0. The lowest BCUT2D eigenvalue weighted by atomic mass is 10.0. The highest BCUT2D eigenvalue weighted by Gasteiger charge is 2.68. The first-order chi connectivity index (χ1) is 7.64. The summed E-state index contributed by atoms with van der Waals surface area (Å²) in [6.45, 7) is -1.09. The van der Waals surface area contributed by atoms with E-state index in [2.05, 4.69) is 13.1 Å². The van der Waals surface area contributed by atoms with E-state index in [9.17, 15) is 28.8 Å². The molecule has 0 amide bonds. The van der Waals surface area contributed by atoms with Crippen molar-refractivity contribution < 1.29 is 47.1 Å². The molecule has 5 N–H and O–H groups in total. The van der Waals surface area contributed by atoms with E-state index in [0.29, 0.717) is 0 Å². The molecule has 2 aliphatic rings. The first-order valence-electron chi connectivity index (χ1n) is 4.39. The Morgan fingerprint density at radius 1 is 1.18 bits per heavy atom.